The Hall–Kier alpha value is -1.06. The number of carboxylic acids is 1. The third kappa shape index (κ3) is 2.25. The van der Waals surface area contributed by atoms with Crippen molar-refractivity contribution in [2.75, 3.05) is 0 Å². The Labute approximate surface area is 89.3 Å². The van der Waals surface area contributed by atoms with E-state index in [2.05, 4.69) is 0 Å². The van der Waals surface area contributed by atoms with Crippen LogP contribution >= 0.6 is 12.4 Å². The predicted octanol–water partition coefficient (Wildman–Crippen LogP) is 1.76. The quantitative estimate of drug-likeness (QED) is 0.808. The van der Waals surface area contributed by atoms with Gasteiger partial charge in [0.2, 0.25) is 0 Å². The molecule has 1 atom stereocenters. The first kappa shape index (κ1) is 12.9. The maximum atomic E-state index is 10.9. The van der Waals surface area contributed by atoms with Gasteiger partial charge in [-0.2, -0.15) is 0 Å². The van der Waals surface area contributed by atoms with E-state index in [1.54, 1.807) is 31.2 Å². The lowest BCUT2D eigenvalue weighted by Crippen LogP contribution is -2.44. The number of carboxylic acid groups (broad SMARTS) is 1. The summed E-state index contributed by atoms with van der Waals surface area (Å²) in [5.74, 6) is -0.985. The highest BCUT2D eigenvalue weighted by atomic mass is 35.5. The predicted molar refractivity (Wildman–Crippen MR) is 57.5 cm³/mol. The summed E-state index contributed by atoms with van der Waals surface area (Å²) in [4.78, 5) is 10.9. The third-order valence-corrected chi connectivity index (χ3v) is 2.23. The van der Waals surface area contributed by atoms with Crippen molar-refractivity contribution in [2.45, 2.75) is 18.9 Å². The lowest BCUT2D eigenvalue weighted by molar-refractivity contribution is -0.143. The van der Waals surface area contributed by atoms with E-state index in [9.17, 15) is 4.79 Å². The third-order valence-electron chi connectivity index (χ3n) is 2.23. The van der Waals surface area contributed by atoms with Crippen LogP contribution in [-0.4, -0.2) is 11.1 Å². The molecule has 0 unspecified atom stereocenters. The second-order valence-corrected chi connectivity index (χ2v) is 3.00. The Morgan fingerprint density at radius 3 is 2.29 bits per heavy atom. The normalized spacial score (nSPS) is 13.9. The van der Waals surface area contributed by atoms with Gasteiger partial charge in [0, 0.05) is 0 Å². The van der Waals surface area contributed by atoms with E-state index in [1.807, 2.05) is 6.07 Å². The molecule has 0 aromatic heterocycles. The van der Waals surface area contributed by atoms with Crippen molar-refractivity contribution in [1.82, 2.24) is 0 Å². The van der Waals surface area contributed by atoms with Gasteiger partial charge < -0.3 is 10.8 Å². The van der Waals surface area contributed by atoms with Gasteiger partial charge in [0.05, 0.1) is 0 Å². The van der Waals surface area contributed by atoms with Crippen molar-refractivity contribution in [3.05, 3.63) is 35.9 Å². The van der Waals surface area contributed by atoms with Crippen molar-refractivity contribution < 1.29 is 9.90 Å². The number of carbonyl (C=O) groups is 1. The van der Waals surface area contributed by atoms with Crippen molar-refractivity contribution >= 4 is 18.4 Å². The number of nitrogens with two attached hydrogens (primary N) is 1. The summed E-state index contributed by atoms with van der Waals surface area (Å²) in [6.45, 7) is 1.76. The van der Waals surface area contributed by atoms with Crippen molar-refractivity contribution in [2.24, 2.45) is 5.73 Å². The van der Waals surface area contributed by atoms with Crippen molar-refractivity contribution in [3.8, 4) is 0 Å². The molecule has 1 rings (SSSR count). The van der Waals surface area contributed by atoms with Crippen LogP contribution < -0.4 is 5.73 Å². The summed E-state index contributed by atoms with van der Waals surface area (Å²) < 4.78 is 0. The lowest BCUT2D eigenvalue weighted by atomic mass is 9.89. The summed E-state index contributed by atoms with van der Waals surface area (Å²) in [6, 6.07) is 8.88. The molecule has 3 nitrogen and oxygen atoms in total. The van der Waals surface area contributed by atoms with Crippen LogP contribution in [-0.2, 0) is 10.3 Å². The van der Waals surface area contributed by atoms with Crippen LogP contribution in [0.2, 0.25) is 0 Å². The molecule has 78 valence electrons. The molecule has 0 bridgehead atoms. The number of rotatable bonds is 3. The van der Waals surface area contributed by atoms with Gasteiger partial charge in [-0.05, 0) is 12.0 Å². The molecule has 3 N–H and O–H groups in total. The van der Waals surface area contributed by atoms with Gasteiger partial charge in [0.1, 0.15) is 5.54 Å². The van der Waals surface area contributed by atoms with Crippen LogP contribution in [0.3, 0.4) is 0 Å². The molecule has 0 fully saturated rings. The Balaban J connectivity index is 0.00000169. The van der Waals surface area contributed by atoms with Crippen LogP contribution in [0.5, 0.6) is 0 Å². The second-order valence-electron chi connectivity index (χ2n) is 3.00. The second kappa shape index (κ2) is 4.98. The SMILES string of the molecule is CC[C@](N)(C(=O)O)c1ccccc1.Cl. The summed E-state index contributed by atoms with van der Waals surface area (Å²) in [6.07, 6.45) is 0.381. The fourth-order valence-electron chi connectivity index (χ4n) is 1.21. The van der Waals surface area contributed by atoms with Gasteiger partial charge in [0.15, 0.2) is 0 Å². The Bertz CT molecular complexity index is 302. The minimum Gasteiger partial charge on any atom is -0.480 e. The summed E-state index contributed by atoms with van der Waals surface area (Å²) in [5.41, 5.74) is 5.16. The van der Waals surface area contributed by atoms with E-state index in [4.69, 9.17) is 10.8 Å². The molecule has 1 aromatic rings. The Morgan fingerprint density at radius 1 is 1.43 bits per heavy atom. The molecule has 0 amide bonds. The number of benzene rings is 1. The van der Waals surface area contributed by atoms with Gasteiger partial charge in [0.25, 0.3) is 0 Å². The minimum absolute atomic E-state index is 0. The van der Waals surface area contributed by atoms with E-state index in [0.29, 0.717) is 12.0 Å². The molecule has 0 aliphatic carbocycles. The van der Waals surface area contributed by atoms with Crippen LogP contribution in [0, 0.1) is 0 Å². The Morgan fingerprint density at radius 2 is 1.93 bits per heavy atom. The molecule has 4 heteroatoms. The van der Waals surface area contributed by atoms with Gasteiger partial charge in [-0.15, -0.1) is 12.4 Å². The molecule has 0 aliphatic rings. The van der Waals surface area contributed by atoms with E-state index < -0.39 is 11.5 Å². The first-order chi connectivity index (χ1) is 6.11. The summed E-state index contributed by atoms with van der Waals surface area (Å²) in [7, 11) is 0. The number of hydrogen-bond donors (Lipinski definition) is 2. The first-order valence-electron chi connectivity index (χ1n) is 4.19. The molecule has 0 radical (unpaired) electrons. The fraction of sp³-hybridized carbons (Fsp3) is 0.300. The zero-order chi connectivity index (χ0) is 9.90. The summed E-state index contributed by atoms with van der Waals surface area (Å²) >= 11 is 0. The van der Waals surface area contributed by atoms with E-state index >= 15 is 0 Å². The molecule has 0 aliphatic heterocycles. The maximum Gasteiger partial charge on any atom is 0.328 e. The highest BCUT2D eigenvalue weighted by Gasteiger charge is 2.33. The van der Waals surface area contributed by atoms with Crippen LogP contribution in [0.25, 0.3) is 0 Å². The van der Waals surface area contributed by atoms with E-state index in [0.717, 1.165) is 0 Å². The van der Waals surface area contributed by atoms with Crippen LogP contribution in [0.15, 0.2) is 30.3 Å². The largest absolute Gasteiger partial charge is 0.480 e. The molecule has 0 saturated heterocycles. The molecular weight excluding hydrogens is 202 g/mol. The molecule has 1 aromatic carbocycles. The topological polar surface area (TPSA) is 63.3 Å². The number of aliphatic carboxylic acids is 1. The number of halogens is 1. The molecule has 0 saturated carbocycles. The maximum absolute atomic E-state index is 10.9. The number of hydrogen-bond acceptors (Lipinski definition) is 2. The Kier molecular flexibility index (Phi) is 4.60. The standard InChI is InChI=1S/C10H13NO2.ClH/c1-2-10(11,9(12)13)8-6-4-3-5-7-8;/h3-7H,2,11H2,1H3,(H,12,13);1H/t10-;/m1./s1. The lowest BCUT2D eigenvalue weighted by Gasteiger charge is -2.23. The zero-order valence-corrected chi connectivity index (χ0v) is 8.75. The van der Waals surface area contributed by atoms with Gasteiger partial charge in [-0.3, -0.25) is 0 Å². The summed E-state index contributed by atoms with van der Waals surface area (Å²) in [5, 5.41) is 8.96. The first-order valence-corrected chi connectivity index (χ1v) is 4.19. The molecule has 14 heavy (non-hydrogen) atoms. The van der Waals surface area contributed by atoms with Gasteiger partial charge in [-0.25, -0.2) is 4.79 Å². The van der Waals surface area contributed by atoms with E-state index in [-0.39, 0.29) is 12.4 Å². The van der Waals surface area contributed by atoms with Crippen LogP contribution in [0.4, 0.5) is 0 Å². The zero-order valence-electron chi connectivity index (χ0n) is 7.93. The van der Waals surface area contributed by atoms with Crippen molar-refractivity contribution in [3.63, 3.8) is 0 Å². The van der Waals surface area contributed by atoms with Gasteiger partial charge >= 0.3 is 5.97 Å². The van der Waals surface area contributed by atoms with Gasteiger partial charge in [-0.1, -0.05) is 37.3 Å². The highest BCUT2D eigenvalue weighted by Crippen LogP contribution is 2.21. The monoisotopic (exact) mass is 215 g/mol. The average molecular weight is 216 g/mol. The average Bonchev–Trinajstić information content (AvgIpc) is 2.17. The molecule has 0 spiro atoms. The van der Waals surface area contributed by atoms with E-state index in [1.165, 1.54) is 0 Å². The fourth-order valence-corrected chi connectivity index (χ4v) is 1.21. The molecular formula is C10H14ClNO2. The highest BCUT2D eigenvalue weighted by molar-refractivity contribution is 5.85. The van der Waals surface area contributed by atoms with Crippen LogP contribution in [0.1, 0.15) is 18.9 Å². The molecule has 0 heterocycles. The minimum atomic E-state index is -1.25. The van der Waals surface area contributed by atoms with Crippen molar-refractivity contribution in [1.29, 1.82) is 0 Å². The smallest absolute Gasteiger partial charge is 0.328 e.